The standard InChI is InChI=1S/C26H54.C3H6.2C2H6.CH4/c1-11-15-23(26(9,10)18-12-2)19-22(8)16-14-17-25(21(6)7)24(13-3)20(4)5;1-3-2;2*1-2;/h20-25H,11-19H2,1-10H3;3H,1H2,2H3;2*1-2H3;1H4. The molecular formula is C34H76. The molecule has 0 rings (SSSR count). The number of allylic oxidation sites excluding steroid dienone is 1. The van der Waals surface area contributed by atoms with Gasteiger partial charge in [-0.05, 0) is 67.1 Å². The lowest BCUT2D eigenvalue weighted by Crippen LogP contribution is -2.26. The summed E-state index contributed by atoms with van der Waals surface area (Å²) in [6.07, 6.45) is 14.3. The van der Waals surface area contributed by atoms with E-state index in [0.29, 0.717) is 5.41 Å². The highest BCUT2D eigenvalue weighted by atomic mass is 14.3. The average Bonchev–Trinajstić information content (AvgIpc) is 2.76. The van der Waals surface area contributed by atoms with Crippen molar-refractivity contribution in [3.63, 3.8) is 0 Å². The van der Waals surface area contributed by atoms with Crippen molar-refractivity contribution in [2.75, 3.05) is 0 Å². The minimum atomic E-state index is 0. The van der Waals surface area contributed by atoms with Gasteiger partial charge in [0, 0.05) is 0 Å². The van der Waals surface area contributed by atoms with E-state index in [2.05, 4.69) is 75.8 Å². The smallest absolute Gasteiger partial charge is 0.0326 e. The summed E-state index contributed by atoms with van der Waals surface area (Å²) in [5, 5.41) is 0. The maximum atomic E-state index is 3.36. The van der Waals surface area contributed by atoms with E-state index in [4.69, 9.17) is 0 Å². The Morgan fingerprint density at radius 1 is 0.735 bits per heavy atom. The Bertz CT molecular complexity index is 362. The molecule has 34 heavy (non-hydrogen) atoms. The number of rotatable bonds is 15. The average molecular weight is 485 g/mol. The maximum Gasteiger partial charge on any atom is -0.0326 e. The highest BCUT2D eigenvalue weighted by Crippen LogP contribution is 2.40. The molecule has 0 saturated carbocycles. The van der Waals surface area contributed by atoms with Crippen LogP contribution in [0.5, 0.6) is 0 Å². The molecule has 0 nitrogen and oxygen atoms in total. The zero-order valence-electron chi connectivity index (χ0n) is 26.6. The lowest BCUT2D eigenvalue weighted by molar-refractivity contribution is 0.142. The summed E-state index contributed by atoms with van der Waals surface area (Å²) in [4.78, 5) is 0. The van der Waals surface area contributed by atoms with E-state index >= 15 is 0 Å². The zero-order valence-corrected chi connectivity index (χ0v) is 26.6. The van der Waals surface area contributed by atoms with Crippen LogP contribution in [-0.2, 0) is 0 Å². The van der Waals surface area contributed by atoms with E-state index in [0.717, 1.165) is 35.5 Å². The van der Waals surface area contributed by atoms with Crippen molar-refractivity contribution in [3.05, 3.63) is 12.7 Å². The van der Waals surface area contributed by atoms with E-state index < -0.39 is 0 Å². The Morgan fingerprint density at radius 3 is 1.50 bits per heavy atom. The fourth-order valence-electron chi connectivity index (χ4n) is 5.64. The van der Waals surface area contributed by atoms with Crippen LogP contribution in [0, 0.1) is 40.9 Å². The van der Waals surface area contributed by atoms with Gasteiger partial charge in [-0.25, -0.2) is 0 Å². The molecule has 0 aliphatic rings. The molecule has 0 aromatic carbocycles. The Morgan fingerprint density at radius 2 is 1.18 bits per heavy atom. The van der Waals surface area contributed by atoms with Gasteiger partial charge in [-0.1, -0.05) is 149 Å². The molecule has 0 radical (unpaired) electrons. The number of hydrogen-bond donors (Lipinski definition) is 0. The Balaban J connectivity index is -0.000000314. The first-order valence-corrected chi connectivity index (χ1v) is 15.1. The molecule has 0 aromatic heterocycles. The molecule has 0 bridgehead atoms. The van der Waals surface area contributed by atoms with Crippen LogP contribution < -0.4 is 0 Å². The fourth-order valence-corrected chi connectivity index (χ4v) is 5.64. The van der Waals surface area contributed by atoms with Crippen molar-refractivity contribution in [1.29, 1.82) is 0 Å². The van der Waals surface area contributed by atoms with Gasteiger partial charge in [0.15, 0.2) is 0 Å². The van der Waals surface area contributed by atoms with Crippen LogP contribution >= 0.6 is 0 Å². The summed E-state index contributed by atoms with van der Waals surface area (Å²) in [5.74, 6) is 5.26. The molecule has 0 aliphatic carbocycles. The van der Waals surface area contributed by atoms with Gasteiger partial charge in [-0.3, -0.25) is 0 Å². The summed E-state index contributed by atoms with van der Waals surface area (Å²) in [6.45, 7) is 37.7. The van der Waals surface area contributed by atoms with Gasteiger partial charge in [0.1, 0.15) is 0 Å². The molecule has 0 saturated heterocycles. The summed E-state index contributed by atoms with van der Waals surface area (Å²) >= 11 is 0. The lowest BCUT2D eigenvalue weighted by atomic mass is 9.69. The maximum absolute atomic E-state index is 3.36. The van der Waals surface area contributed by atoms with E-state index in [1.165, 1.54) is 57.8 Å². The predicted octanol–water partition coefficient (Wildman–Crippen LogP) is 13.3. The van der Waals surface area contributed by atoms with Crippen LogP contribution in [0.2, 0.25) is 0 Å². The molecule has 4 atom stereocenters. The second kappa shape index (κ2) is 29.0. The van der Waals surface area contributed by atoms with Crippen molar-refractivity contribution in [2.45, 2.75) is 169 Å². The van der Waals surface area contributed by atoms with Crippen molar-refractivity contribution in [2.24, 2.45) is 40.9 Å². The van der Waals surface area contributed by atoms with Crippen LogP contribution in [0.15, 0.2) is 12.7 Å². The summed E-state index contributed by atoms with van der Waals surface area (Å²) in [6, 6.07) is 0. The number of hydrogen-bond acceptors (Lipinski definition) is 0. The first kappa shape index (κ1) is 43.8. The molecule has 0 spiro atoms. The van der Waals surface area contributed by atoms with Crippen molar-refractivity contribution < 1.29 is 0 Å². The quantitative estimate of drug-likeness (QED) is 0.203. The highest BCUT2D eigenvalue weighted by Gasteiger charge is 2.29. The van der Waals surface area contributed by atoms with Gasteiger partial charge in [0.2, 0.25) is 0 Å². The van der Waals surface area contributed by atoms with Crippen LogP contribution in [0.1, 0.15) is 169 Å². The lowest BCUT2D eigenvalue weighted by Gasteiger charge is -2.36. The second-order valence-electron chi connectivity index (χ2n) is 11.1. The minimum absolute atomic E-state index is 0. The van der Waals surface area contributed by atoms with Crippen LogP contribution in [-0.4, -0.2) is 0 Å². The van der Waals surface area contributed by atoms with Crippen molar-refractivity contribution in [3.8, 4) is 0 Å². The predicted molar refractivity (Wildman–Crippen MR) is 167 cm³/mol. The third-order valence-electron chi connectivity index (χ3n) is 7.29. The molecule has 0 heteroatoms. The molecular weight excluding hydrogens is 408 g/mol. The Hall–Kier alpha value is -0.260. The van der Waals surface area contributed by atoms with Gasteiger partial charge in [-0.2, -0.15) is 0 Å². The molecule has 0 heterocycles. The molecule has 0 aromatic rings. The van der Waals surface area contributed by atoms with E-state index in [9.17, 15) is 0 Å². The van der Waals surface area contributed by atoms with Gasteiger partial charge in [-0.15, -0.1) is 6.58 Å². The third-order valence-corrected chi connectivity index (χ3v) is 7.29. The van der Waals surface area contributed by atoms with Gasteiger partial charge < -0.3 is 0 Å². The third kappa shape index (κ3) is 22.2. The second-order valence-corrected chi connectivity index (χ2v) is 11.1. The van der Waals surface area contributed by atoms with Crippen molar-refractivity contribution in [1.82, 2.24) is 0 Å². The van der Waals surface area contributed by atoms with Crippen molar-refractivity contribution >= 4 is 0 Å². The minimum Gasteiger partial charge on any atom is -0.103 e. The topological polar surface area (TPSA) is 0 Å². The molecule has 0 aliphatic heterocycles. The van der Waals surface area contributed by atoms with E-state index in [-0.39, 0.29) is 7.43 Å². The SMILES string of the molecule is C.C=CC.CC.CC.CCCC(CC(C)CCCC(C(C)C)C(CC)C(C)C)C(C)(C)CCC. The highest BCUT2D eigenvalue weighted by molar-refractivity contribution is 4.80. The van der Waals surface area contributed by atoms with Crippen LogP contribution in [0.4, 0.5) is 0 Å². The molecule has 0 amide bonds. The first-order chi connectivity index (χ1) is 15.5. The first-order valence-electron chi connectivity index (χ1n) is 15.1. The Kier molecular flexibility index (Phi) is 37.3. The largest absolute Gasteiger partial charge is 0.103 e. The molecule has 4 unspecified atom stereocenters. The Labute approximate surface area is 222 Å². The van der Waals surface area contributed by atoms with E-state index in [1.807, 2.05) is 34.6 Å². The zero-order chi connectivity index (χ0) is 27.0. The van der Waals surface area contributed by atoms with Crippen LogP contribution in [0.25, 0.3) is 0 Å². The van der Waals surface area contributed by atoms with E-state index in [1.54, 1.807) is 6.08 Å². The normalized spacial score (nSPS) is 14.1. The molecule has 0 N–H and O–H groups in total. The molecule has 212 valence electrons. The van der Waals surface area contributed by atoms with Crippen LogP contribution in [0.3, 0.4) is 0 Å². The summed E-state index contributed by atoms with van der Waals surface area (Å²) < 4.78 is 0. The summed E-state index contributed by atoms with van der Waals surface area (Å²) in [7, 11) is 0. The summed E-state index contributed by atoms with van der Waals surface area (Å²) in [5.41, 5.74) is 0.518. The molecule has 0 fully saturated rings. The fraction of sp³-hybridized carbons (Fsp3) is 0.941. The monoisotopic (exact) mass is 485 g/mol. The van der Waals surface area contributed by atoms with Gasteiger partial charge in [0.25, 0.3) is 0 Å². The van der Waals surface area contributed by atoms with Gasteiger partial charge in [0.05, 0.1) is 0 Å². The van der Waals surface area contributed by atoms with Gasteiger partial charge >= 0.3 is 0 Å².